The highest BCUT2D eigenvalue weighted by Gasteiger charge is 2.32. The fourth-order valence-electron chi connectivity index (χ4n) is 3.76. The SMILES string of the molecule is CCc1nc2cccc(Cl)c2c(=O)n1-c1cccc(NC(=O)Nc2ccc(C)c(C(F)(F)F)c2)c1. The highest BCUT2D eigenvalue weighted by Crippen LogP contribution is 2.33. The van der Waals surface area contributed by atoms with E-state index in [1.54, 1.807) is 42.5 Å². The molecule has 2 N–H and O–H groups in total. The van der Waals surface area contributed by atoms with Gasteiger partial charge in [0.25, 0.3) is 5.56 Å². The van der Waals surface area contributed by atoms with Crippen LogP contribution in [-0.2, 0) is 12.6 Å². The van der Waals surface area contributed by atoms with Gasteiger partial charge in [-0.05, 0) is 55.0 Å². The number of urea groups is 1. The molecular formula is C25H20ClF3N4O2. The van der Waals surface area contributed by atoms with Crippen LogP contribution in [0.2, 0.25) is 5.02 Å². The first-order chi connectivity index (χ1) is 16.6. The van der Waals surface area contributed by atoms with Crippen LogP contribution in [0.15, 0.2) is 65.5 Å². The predicted octanol–water partition coefficient (Wildman–Crippen LogP) is 6.57. The van der Waals surface area contributed by atoms with Crippen LogP contribution >= 0.6 is 11.6 Å². The molecule has 6 nitrogen and oxygen atoms in total. The van der Waals surface area contributed by atoms with Gasteiger partial charge in [-0.25, -0.2) is 9.78 Å². The van der Waals surface area contributed by atoms with Crippen molar-refractivity contribution in [2.45, 2.75) is 26.4 Å². The van der Waals surface area contributed by atoms with Gasteiger partial charge in [-0.15, -0.1) is 0 Å². The summed E-state index contributed by atoms with van der Waals surface area (Å²) in [5.41, 5.74) is 0.141. The van der Waals surface area contributed by atoms with E-state index < -0.39 is 17.8 Å². The molecule has 0 spiro atoms. The summed E-state index contributed by atoms with van der Waals surface area (Å²) in [6.07, 6.45) is -4.07. The van der Waals surface area contributed by atoms with Crippen molar-refractivity contribution in [2.24, 2.45) is 0 Å². The third-order valence-corrected chi connectivity index (χ3v) is 5.71. The van der Waals surface area contributed by atoms with Crippen molar-refractivity contribution < 1.29 is 18.0 Å². The molecule has 0 fully saturated rings. The highest BCUT2D eigenvalue weighted by atomic mass is 35.5. The number of aryl methyl sites for hydroxylation is 2. The molecule has 180 valence electrons. The minimum absolute atomic E-state index is 0.00515. The van der Waals surface area contributed by atoms with E-state index in [9.17, 15) is 22.8 Å². The summed E-state index contributed by atoms with van der Waals surface area (Å²) in [6.45, 7) is 3.21. The minimum Gasteiger partial charge on any atom is -0.308 e. The van der Waals surface area contributed by atoms with Crippen LogP contribution in [0.3, 0.4) is 0 Å². The molecule has 0 atom stereocenters. The molecule has 0 saturated heterocycles. The lowest BCUT2D eigenvalue weighted by atomic mass is 10.1. The molecule has 0 aliphatic rings. The summed E-state index contributed by atoms with van der Waals surface area (Å²) in [6, 6.07) is 14.3. The summed E-state index contributed by atoms with van der Waals surface area (Å²) >= 11 is 6.25. The van der Waals surface area contributed by atoms with Crippen molar-refractivity contribution in [3.63, 3.8) is 0 Å². The quantitative estimate of drug-likeness (QED) is 0.332. The standard InChI is InChI=1S/C25H20ClF3N4O2/c1-3-21-32-20-9-5-8-19(26)22(20)23(34)33(21)17-7-4-6-15(12-17)30-24(35)31-16-11-10-14(2)18(13-16)25(27,28)29/h4-13H,3H2,1-2H3,(H2,30,31,35). The zero-order chi connectivity index (χ0) is 25.3. The van der Waals surface area contributed by atoms with Crippen LogP contribution in [-0.4, -0.2) is 15.6 Å². The van der Waals surface area contributed by atoms with Crippen LogP contribution in [0.5, 0.6) is 0 Å². The number of anilines is 2. The maximum atomic E-state index is 13.3. The molecule has 4 aromatic rings. The molecule has 1 heterocycles. The largest absolute Gasteiger partial charge is 0.416 e. The molecular weight excluding hydrogens is 481 g/mol. The molecule has 3 aromatic carbocycles. The Kier molecular flexibility index (Phi) is 6.53. The van der Waals surface area contributed by atoms with Gasteiger partial charge in [0, 0.05) is 17.8 Å². The average molecular weight is 501 g/mol. The first-order valence-electron chi connectivity index (χ1n) is 10.6. The summed E-state index contributed by atoms with van der Waals surface area (Å²) in [5, 5.41) is 5.55. The second-order valence-corrected chi connectivity index (χ2v) is 8.22. The molecule has 2 amide bonds. The first-order valence-corrected chi connectivity index (χ1v) is 11.0. The Labute approximate surface area is 203 Å². The van der Waals surface area contributed by atoms with E-state index in [0.29, 0.717) is 29.1 Å². The minimum atomic E-state index is -4.53. The summed E-state index contributed by atoms with van der Waals surface area (Å²) in [7, 11) is 0. The average Bonchev–Trinajstić information content (AvgIpc) is 2.79. The van der Waals surface area contributed by atoms with E-state index in [2.05, 4.69) is 15.6 Å². The van der Waals surface area contributed by atoms with E-state index in [4.69, 9.17) is 11.6 Å². The Morgan fingerprint density at radius 1 is 1.03 bits per heavy atom. The third kappa shape index (κ3) is 5.00. The molecule has 10 heteroatoms. The summed E-state index contributed by atoms with van der Waals surface area (Å²) < 4.78 is 40.9. The molecule has 1 aromatic heterocycles. The first kappa shape index (κ1) is 24.3. The van der Waals surface area contributed by atoms with Crippen LogP contribution in [0, 0.1) is 6.92 Å². The van der Waals surface area contributed by atoms with Gasteiger partial charge in [-0.2, -0.15) is 13.2 Å². The number of nitrogens with zero attached hydrogens (tertiary/aromatic N) is 2. The van der Waals surface area contributed by atoms with Gasteiger partial charge >= 0.3 is 12.2 Å². The molecule has 0 radical (unpaired) electrons. The topological polar surface area (TPSA) is 76.0 Å². The van der Waals surface area contributed by atoms with E-state index in [0.717, 1.165) is 6.07 Å². The van der Waals surface area contributed by atoms with Gasteiger partial charge in [0.1, 0.15) is 5.82 Å². The Morgan fingerprint density at radius 2 is 1.71 bits per heavy atom. The Morgan fingerprint density at radius 3 is 2.40 bits per heavy atom. The van der Waals surface area contributed by atoms with E-state index >= 15 is 0 Å². The van der Waals surface area contributed by atoms with Crippen molar-refractivity contribution in [1.29, 1.82) is 0 Å². The van der Waals surface area contributed by atoms with E-state index in [1.165, 1.54) is 23.6 Å². The number of alkyl halides is 3. The van der Waals surface area contributed by atoms with Gasteiger partial charge < -0.3 is 10.6 Å². The molecule has 0 bridgehead atoms. The normalized spacial score (nSPS) is 11.5. The van der Waals surface area contributed by atoms with Crippen LogP contribution < -0.4 is 16.2 Å². The fraction of sp³-hybridized carbons (Fsp3) is 0.160. The lowest BCUT2D eigenvalue weighted by Crippen LogP contribution is -2.24. The number of rotatable bonds is 4. The Hall–Kier alpha value is -3.85. The Bertz CT molecular complexity index is 1500. The number of nitrogens with one attached hydrogen (secondary N) is 2. The van der Waals surface area contributed by atoms with Gasteiger partial charge in [-0.3, -0.25) is 9.36 Å². The monoisotopic (exact) mass is 500 g/mol. The van der Waals surface area contributed by atoms with Crippen LogP contribution in [0.25, 0.3) is 16.6 Å². The lowest BCUT2D eigenvalue weighted by molar-refractivity contribution is -0.138. The molecule has 4 rings (SSSR count). The van der Waals surface area contributed by atoms with Crippen molar-refractivity contribution in [3.05, 3.63) is 93.0 Å². The number of fused-ring (bicyclic) bond motifs is 1. The number of hydrogen-bond donors (Lipinski definition) is 2. The zero-order valence-corrected chi connectivity index (χ0v) is 19.5. The van der Waals surface area contributed by atoms with Crippen molar-refractivity contribution in [2.75, 3.05) is 10.6 Å². The smallest absolute Gasteiger partial charge is 0.308 e. The number of halogens is 4. The number of carbonyl (C=O) groups is 1. The summed E-state index contributed by atoms with van der Waals surface area (Å²) in [5.74, 6) is 0.505. The zero-order valence-electron chi connectivity index (χ0n) is 18.7. The second-order valence-electron chi connectivity index (χ2n) is 7.81. The predicted molar refractivity (Wildman–Crippen MR) is 131 cm³/mol. The second kappa shape index (κ2) is 9.42. The number of carbonyl (C=O) groups excluding carboxylic acids is 1. The number of hydrogen-bond acceptors (Lipinski definition) is 3. The number of aromatic nitrogens is 2. The molecule has 35 heavy (non-hydrogen) atoms. The van der Waals surface area contributed by atoms with Crippen molar-refractivity contribution in [3.8, 4) is 5.69 Å². The maximum Gasteiger partial charge on any atom is 0.416 e. The molecule has 0 aliphatic carbocycles. The van der Waals surface area contributed by atoms with Crippen molar-refractivity contribution in [1.82, 2.24) is 9.55 Å². The molecule has 0 aliphatic heterocycles. The lowest BCUT2D eigenvalue weighted by Gasteiger charge is -2.15. The maximum absolute atomic E-state index is 13.3. The highest BCUT2D eigenvalue weighted by molar-refractivity contribution is 6.35. The summed E-state index contributed by atoms with van der Waals surface area (Å²) in [4.78, 5) is 30.3. The van der Waals surface area contributed by atoms with Gasteiger partial charge in [0.05, 0.1) is 27.2 Å². The third-order valence-electron chi connectivity index (χ3n) is 5.40. The molecule has 0 saturated carbocycles. The van der Waals surface area contributed by atoms with Gasteiger partial charge in [-0.1, -0.05) is 36.7 Å². The Balaban J connectivity index is 1.64. The van der Waals surface area contributed by atoms with E-state index in [-0.39, 0.29) is 27.2 Å². The van der Waals surface area contributed by atoms with E-state index in [1.807, 2.05) is 6.92 Å². The number of benzene rings is 3. The van der Waals surface area contributed by atoms with Crippen LogP contribution in [0.4, 0.5) is 29.3 Å². The number of amides is 2. The fourth-order valence-corrected chi connectivity index (χ4v) is 4.01. The molecule has 0 unspecified atom stereocenters. The van der Waals surface area contributed by atoms with Gasteiger partial charge in [0.2, 0.25) is 0 Å². The van der Waals surface area contributed by atoms with Gasteiger partial charge in [0.15, 0.2) is 0 Å². The van der Waals surface area contributed by atoms with Crippen LogP contribution in [0.1, 0.15) is 23.9 Å². The van der Waals surface area contributed by atoms with Crippen molar-refractivity contribution >= 4 is 39.9 Å².